The molecule has 3 heteroatoms. The quantitative estimate of drug-likeness (QED) is 0.766. The SMILES string of the molecule is CC(C)(C)CCOCc1ccc(CNC2CC2)cn1. The fourth-order valence-corrected chi connectivity index (χ4v) is 1.75. The molecule has 0 aromatic carbocycles. The van der Waals surface area contributed by atoms with Crippen molar-refractivity contribution in [3.63, 3.8) is 0 Å². The Balaban J connectivity index is 1.66. The first kappa shape index (κ1) is 14.5. The number of aromatic nitrogens is 1. The lowest BCUT2D eigenvalue weighted by molar-refractivity contribution is 0.0941. The minimum absolute atomic E-state index is 0.339. The summed E-state index contributed by atoms with van der Waals surface area (Å²) in [6.45, 7) is 9.05. The summed E-state index contributed by atoms with van der Waals surface area (Å²) in [5.74, 6) is 0. The second-order valence-corrected chi connectivity index (χ2v) is 6.68. The number of nitrogens with one attached hydrogen (secondary N) is 1. The molecule has 0 radical (unpaired) electrons. The molecule has 0 aliphatic heterocycles. The van der Waals surface area contributed by atoms with Crippen molar-refractivity contribution in [1.82, 2.24) is 10.3 Å². The fraction of sp³-hybridized carbons (Fsp3) is 0.688. The van der Waals surface area contributed by atoms with E-state index in [4.69, 9.17) is 4.74 Å². The first-order chi connectivity index (χ1) is 9.03. The molecule has 3 nitrogen and oxygen atoms in total. The van der Waals surface area contributed by atoms with E-state index in [1.807, 2.05) is 6.20 Å². The maximum Gasteiger partial charge on any atom is 0.0887 e. The van der Waals surface area contributed by atoms with Gasteiger partial charge in [-0.15, -0.1) is 0 Å². The third-order valence-electron chi connectivity index (χ3n) is 3.30. The molecule has 1 N–H and O–H groups in total. The first-order valence-corrected chi connectivity index (χ1v) is 7.28. The summed E-state index contributed by atoms with van der Waals surface area (Å²) in [5, 5.41) is 3.49. The van der Waals surface area contributed by atoms with E-state index in [1.165, 1.54) is 18.4 Å². The van der Waals surface area contributed by atoms with Crippen LogP contribution in [0, 0.1) is 5.41 Å². The topological polar surface area (TPSA) is 34.1 Å². The van der Waals surface area contributed by atoms with Gasteiger partial charge in [0.05, 0.1) is 12.3 Å². The average molecular weight is 262 g/mol. The fourth-order valence-electron chi connectivity index (χ4n) is 1.75. The molecule has 0 amide bonds. The van der Waals surface area contributed by atoms with Crippen LogP contribution in [0.2, 0.25) is 0 Å². The molecule has 1 aliphatic carbocycles. The van der Waals surface area contributed by atoms with Crippen LogP contribution < -0.4 is 5.32 Å². The lowest BCUT2D eigenvalue weighted by atomic mass is 9.93. The Kier molecular flexibility index (Phi) is 4.94. The minimum Gasteiger partial charge on any atom is -0.375 e. The zero-order valence-corrected chi connectivity index (χ0v) is 12.4. The molecule has 1 aliphatic rings. The van der Waals surface area contributed by atoms with Crippen molar-refractivity contribution in [2.75, 3.05) is 6.61 Å². The standard InChI is InChI=1S/C16H26N2O/c1-16(2,3)8-9-19-12-15-5-4-13(11-18-15)10-17-14-6-7-14/h4-5,11,14,17H,6-10,12H2,1-3H3. The third kappa shape index (κ3) is 6.17. The Hall–Kier alpha value is -0.930. The van der Waals surface area contributed by atoms with E-state index in [0.29, 0.717) is 12.0 Å². The van der Waals surface area contributed by atoms with Crippen LogP contribution in [0.4, 0.5) is 0 Å². The molecule has 19 heavy (non-hydrogen) atoms. The summed E-state index contributed by atoms with van der Waals surface area (Å²) in [5.41, 5.74) is 2.61. The molecule has 0 spiro atoms. The van der Waals surface area contributed by atoms with E-state index in [2.05, 4.69) is 43.2 Å². The Bertz CT molecular complexity index is 377. The summed E-state index contributed by atoms with van der Waals surface area (Å²) >= 11 is 0. The first-order valence-electron chi connectivity index (χ1n) is 7.28. The summed E-state index contributed by atoms with van der Waals surface area (Å²) < 4.78 is 5.67. The highest BCUT2D eigenvalue weighted by Gasteiger charge is 2.19. The van der Waals surface area contributed by atoms with Gasteiger partial charge in [-0.25, -0.2) is 0 Å². The Morgan fingerprint density at radius 1 is 1.32 bits per heavy atom. The molecule has 0 unspecified atom stereocenters. The molecule has 2 rings (SSSR count). The average Bonchev–Trinajstić information content (AvgIpc) is 3.16. The van der Waals surface area contributed by atoms with Gasteiger partial charge in [-0.3, -0.25) is 4.98 Å². The molecule has 0 saturated heterocycles. The van der Waals surface area contributed by atoms with Gasteiger partial charge in [-0.05, 0) is 36.3 Å². The van der Waals surface area contributed by atoms with E-state index in [-0.39, 0.29) is 0 Å². The van der Waals surface area contributed by atoms with Crippen molar-refractivity contribution in [3.05, 3.63) is 29.6 Å². The number of pyridine rings is 1. The zero-order chi connectivity index (χ0) is 13.7. The Morgan fingerprint density at radius 3 is 2.68 bits per heavy atom. The van der Waals surface area contributed by atoms with Gasteiger partial charge in [0.25, 0.3) is 0 Å². The third-order valence-corrected chi connectivity index (χ3v) is 3.30. The van der Waals surface area contributed by atoms with E-state index in [1.54, 1.807) is 0 Å². The molecule has 106 valence electrons. The highest BCUT2D eigenvalue weighted by molar-refractivity contribution is 5.13. The van der Waals surface area contributed by atoms with Gasteiger partial charge in [-0.2, -0.15) is 0 Å². The zero-order valence-electron chi connectivity index (χ0n) is 12.4. The van der Waals surface area contributed by atoms with Crippen LogP contribution in [0.25, 0.3) is 0 Å². The van der Waals surface area contributed by atoms with Gasteiger partial charge in [-0.1, -0.05) is 26.8 Å². The largest absolute Gasteiger partial charge is 0.375 e. The molecule has 1 aromatic rings. The van der Waals surface area contributed by atoms with Gasteiger partial charge >= 0.3 is 0 Å². The molecular weight excluding hydrogens is 236 g/mol. The van der Waals surface area contributed by atoms with Gasteiger partial charge in [0.1, 0.15) is 0 Å². The van der Waals surface area contributed by atoms with Crippen molar-refractivity contribution < 1.29 is 4.74 Å². The maximum atomic E-state index is 5.67. The molecule has 1 heterocycles. The number of hydrogen-bond acceptors (Lipinski definition) is 3. The Morgan fingerprint density at radius 2 is 2.11 bits per heavy atom. The number of rotatable bonds is 7. The van der Waals surface area contributed by atoms with Gasteiger partial charge in [0.15, 0.2) is 0 Å². The second-order valence-electron chi connectivity index (χ2n) is 6.68. The van der Waals surface area contributed by atoms with Crippen LogP contribution >= 0.6 is 0 Å². The molecule has 1 aromatic heterocycles. The van der Waals surface area contributed by atoms with E-state index in [0.717, 1.165) is 31.3 Å². The molecular formula is C16H26N2O. The summed E-state index contributed by atoms with van der Waals surface area (Å²) in [4.78, 5) is 4.45. The number of hydrogen-bond donors (Lipinski definition) is 1. The van der Waals surface area contributed by atoms with E-state index in [9.17, 15) is 0 Å². The van der Waals surface area contributed by atoms with Crippen LogP contribution in [0.15, 0.2) is 18.3 Å². The summed E-state index contributed by atoms with van der Waals surface area (Å²) in [6, 6.07) is 4.96. The molecule has 0 atom stereocenters. The number of nitrogens with zero attached hydrogens (tertiary/aromatic N) is 1. The van der Waals surface area contributed by atoms with Crippen molar-refractivity contribution in [2.24, 2.45) is 5.41 Å². The van der Waals surface area contributed by atoms with Crippen LogP contribution in [0.1, 0.15) is 51.3 Å². The van der Waals surface area contributed by atoms with Gasteiger partial charge < -0.3 is 10.1 Å². The van der Waals surface area contributed by atoms with Gasteiger partial charge in [0.2, 0.25) is 0 Å². The highest BCUT2D eigenvalue weighted by atomic mass is 16.5. The van der Waals surface area contributed by atoms with E-state index < -0.39 is 0 Å². The van der Waals surface area contributed by atoms with Crippen molar-refractivity contribution >= 4 is 0 Å². The monoisotopic (exact) mass is 262 g/mol. The number of ether oxygens (including phenoxy) is 1. The van der Waals surface area contributed by atoms with Crippen molar-refractivity contribution in [2.45, 2.75) is 59.2 Å². The van der Waals surface area contributed by atoms with Crippen molar-refractivity contribution in [1.29, 1.82) is 0 Å². The molecule has 1 fully saturated rings. The van der Waals surface area contributed by atoms with Crippen LogP contribution in [0.5, 0.6) is 0 Å². The molecule has 0 bridgehead atoms. The predicted molar refractivity (Wildman–Crippen MR) is 77.8 cm³/mol. The van der Waals surface area contributed by atoms with Crippen LogP contribution in [0.3, 0.4) is 0 Å². The smallest absolute Gasteiger partial charge is 0.0887 e. The lowest BCUT2D eigenvalue weighted by Crippen LogP contribution is -2.15. The highest BCUT2D eigenvalue weighted by Crippen LogP contribution is 2.19. The minimum atomic E-state index is 0.339. The van der Waals surface area contributed by atoms with Gasteiger partial charge in [0, 0.05) is 25.4 Å². The summed E-state index contributed by atoms with van der Waals surface area (Å²) in [7, 11) is 0. The Labute approximate surface area is 116 Å². The lowest BCUT2D eigenvalue weighted by Gasteiger charge is -2.17. The second kappa shape index (κ2) is 6.49. The normalized spacial score (nSPS) is 15.7. The molecule has 1 saturated carbocycles. The predicted octanol–water partition coefficient (Wildman–Crippen LogP) is 3.29. The van der Waals surface area contributed by atoms with Crippen molar-refractivity contribution in [3.8, 4) is 0 Å². The van der Waals surface area contributed by atoms with Crippen LogP contribution in [-0.4, -0.2) is 17.6 Å². The maximum absolute atomic E-state index is 5.67. The summed E-state index contributed by atoms with van der Waals surface area (Å²) in [6.07, 6.45) is 5.69. The van der Waals surface area contributed by atoms with Crippen LogP contribution in [-0.2, 0) is 17.9 Å². The van der Waals surface area contributed by atoms with E-state index >= 15 is 0 Å².